The molecule has 7 heteroatoms. The van der Waals surface area contributed by atoms with Crippen molar-refractivity contribution in [3.8, 4) is 0 Å². The van der Waals surface area contributed by atoms with Crippen molar-refractivity contribution in [2.24, 2.45) is 0 Å². The first-order chi connectivity index (χ1) is 18.5. The van der Waals surface area contributed by atoms with Crippen molar-refractivity contribution < 1.29 is 9.59 Å². The molecular weight excluding hydrogens is 492 g/mol. The second kappa shape index (κ2) is 11.4. The van der Waals surface area contributed by atoms with Crippen molar-refractivity contribution in [3.63, 3.8) is 0 Å². The minimum absolute atomic E-state index is 0.199. The number of aromatic nitrogens is 2. The molecule has 2 amide bonds. The Hall–Kier alpha value is -4.23. The highest BCUT2D eigenvalue weighted by molar-refractivity contribution is 8.04. The molecule has 0 N–H and O–H groups in total. The van der Waals surface area contributed by atoms with Gasteiger partial charge >= 0.3 is 0 Å². The van der Waals surface area contributed by atoms with Gasteiger partial charge in [0.1, 0.15) is 10.6 Å². The fourth-order valence-corrected chi connectivity index (χ4v) is 5.55. The van der Waals surface area contributed by atoms with Crippen molar-refractivity contribution in [3.05, 3.63) is 136 Å². The Morgan fingerprint density at radius 3 is 1.66 bits per heavy atom. The van der Waals surface area contributed by atoms with Crippen molar-refractivity contribution in [2.45, 2.75) is 38.6 Å². The zero-order chi connectivity index (χ0) is 26.5. The van der Waals surface area contributed by atoms with Gasteiger partial charge in [-0.25, -0.2) is 9.97 Å². The summed E-state index contributed by atoms with van der Waals surface area (Å²) in [4.78, 5) is 40.7. The van der Waals surface area contributed by atoms with Gasteiger partial charge in [-0.15, -0.1) is 0 Å². The summed E-state index contributed by atoms with van der Waals surface area (Å²) in [6.45, 7) is 4.94. The lowest BCUT2D eigenvalue weighted by molar-refractivity contribution is -0.138. The molecule has 0 saturated carbocycles. The van der Waals surface area contributed by atoms with Gasteiger partial charge in [0, 0.05) is 24.5 Å². The minimum Gasteiger partial charge on any atom is -0.357 e. The van der Waals surface area contributed by atoms with E-state index in [0.29, 0.717) is 28.8 Å². The van der Waals surface area contributed by atoms with E-state index in [9.17, 15) is 9.59 Å². The summed E-state index contributed by atoms with van der Waals surface area (Å²) in [5.74, 6) is -0.634. The van der Waals surface area contributed by atoms with Crippen LogP contribution in [-0.4, -0.2) is 31.6 Å². The zero-order valence-electron chi connectivity index (χ0n) is 21.4. The standard InChI is InChI=1S/C31H28N4O2S/c1-22-18-23(2)33-31(32-22)38-28-27(29(36)35(30(28)37)21-26-16-10-5-11-17-26)34(19-24-12-6-3-7-13-24)20-25-14-8-4-9-15-25/h3-18H,19-21H2,1-2H3. The molecule has 0 radical (unpaired) electrons. The molecule has 190 valence electrons. The molecule has 1 aliphatic rings. The second-order valence-electron chi connectivity index (χ2n) is 9.22. The van der Waals surface area contributed by atoms with Crippen LogP contribution in [0.1, 0.15) is 28.1 Å². The van der Waals surface area contributed by atoms with Crippen LogP contribution in [0.4, 0.5) is 0 Å². The quantitative estimate of drug-likeness (QED) is 0.209. The van der Waals surface area contributed by atoms with E-state index in [-0.39, 0.29) is 18.4 Å². The summed E-state index contributed by atoms with van der Waals surface area (Å²) >= 11 is 1.17. The predicted molar refractivity (Wildman–Crippen MR) is 149 cm³/mol. The molecule has 4 aromatic rings. The summed E-state index contributed by atoms with van der Waals surface area (Å²) in [6, 6.07) is 31.4. The van der Waals surface area contributed by atoms with Crippen LogP contribution in [0.15, 0.2) is 113 Å². The number of aryl methyl sites for hydroxylation is 2. The van der Waals surface area contributed by atoms with Crippen molar-refractivity contribution >= 4 is 23.6 Å². The fourth-order valence-electron chi connectivity index (χ4n) is 4.47. The van der Waals surface area contributed by atoms with Gasteiger partial charge in [-0.3, -0.25) is 14.5 Å². The summed E-state index contributed by atoms with van der Waals surface area (Å²) in [5.41, 5.74) is 4.98. The summed E-state index contributed by atoms with van der Waals surface area (Å²) < 4.78 is 0. The lowest BCUT2D eigenvalue weighted by Gasteiger charge is -2.26. The van der Waals surface area contributed by atoms with Crippen LogP contribution in [0.25, 0.3) is 0 Å². The molecule has 5 rings (SSSR count). The number of hydrogen-bond acceptors (Lipinski definition) is 6. The first-order valence-electron chi connectivity index (χ1n) is 12.5. The number of hydrogen-bond donors (Lipinski definition) is 0. The molecule has 1 aromatic heterocycles. The summed E-state index contributed by atoms with van der Waals surface area (Å²) in [7, 11) is 0. The maximum Gasteiger partial charge on any atom is 0.278 e. The van der Waals surface area contributed by atoms with E-state index in [1.54, 1.807) is 0 Å². The van der Waals surface area contributed by atoms with Crippen molar-refractivity contribution in [1.29, 1.82) is 0 Å². The third-order valence-corrected chi connectivity index (χ3v) is 7.13. The van der Waals surface area contributed by atoms with Gasteiger partial charge in [0.05, 0.1) is 6.54 Å². The second-order valence-corrected chi connectivity index (χ2v) is 10.2. The number of rotatable bonds is 9. The lowest BCUT2D eigenvalue weighted by atomic mass is 10.1. The van der Waals surface area contributed by atoms with Gasteiger partial charge in [-0.1, -0.05) is 91.0 Å². The van der Waals surface area contributed by atoms with Gasteiger partial charge in [0.15, 0.2) is 5.16 Å². The Morgan fingerprint density at radius 2 is 1.16 bits per heavy atom. The topological polar surface area (TPSA) is 66.4 Å². The smallest absolute Gasteiger partial charge is 0.278 e. The molecule has 38 heavy (non-hydrogen) atoms. The Labute approximate surface area is 227 Å². The van der Waals surface area contributed by atoms with Crippen LogP contribution < -0.4 is 0 Å². The SMILES string of the molecule is Cc1cc(C)nc(SC2=C(N(Cc3ccccc3)Cc3ccccc3)C(=O)N(Cc3ccccc3)C2=O)n1. The van der Waals surface area contributed by atoms with Gasteiger partial charge in [-0.05, 0) is 48.4 Å². The molecule has 6 nitrogen and oxygen atoms in total. The Balaban J connectivity index is 1.58. The highest BCUT2D eigenvalue weighted by atomic mass is 32.2. The van der Waals surface area contributed by atoms with Gasteiger partial charge < -0.3 is 4.90 Å². The molecule has 0 spiro atoms. The summed E-state index contributed by atoms with van der Waals surface area (Å²) in [6.07, 6.45) is 0. The van der Waals surface area contributed by atoms with E-state index in [1.807, 2.05) is 116 Å². The molecule has 0 saturated heterocycles. The normalized spacial score (nSPS) is 13.4. The van der Waals surface area contributed by atoms with Gasteiger partial charge in [0.25, 0.3) is 11.8 Å². The van der Waals surface area contributed by atoms with Crippen molar-refractivity contribution in [2.75, 3.05) is 0 Å². The molecule has 0 fully saturated rings. The number of thioether (sulfide) groups is 1. The van der Waals surface area contributed by atoms with Crippen LogP contribution in [0, 0.1) is 13.8 Å². The first-order valence-corrected chi connectivity index (χ1v) is 13.3. The largest absolute Gasteiger partial charge is 0.357 e. The Bertz CT molecular complexity index is 1410. The number of carbonyl (C=O) groups is 2. The third kappa shape index (κ3) is 5.84. The monoisotopic (exact) mass is 520 g/mol. The number of imide groups is 1. The van der Waals surface area contributed by atoms with Crippen LogP contribution >= 0.6 is 11.8 Å². The molecule has 0 unspecified atom stereocenters. The lowest BCUT2D eigenvalue weighted by Crippen LogP contribution is -2.34. The highest BCUT2D eigenvalue weighted by Crippen LogP contribution is 2.37. The van der Waals surface area contributed by atoms with Crippen LogP contribution in [0.5, 0.6) is 0 Å². The molecule has 0 aliphatic carbocycles. The average molecular weight is 521 g/mol. The average Bonchev–Trinajstić information content (AvgIpc) is 3.13. The summed E-state index contributed by atoms with van der Waals surface area (Å²) in [5, 5.41) is 0.456. The maximum atomic E-state index is 14.0. The number of benzene rings is 3. The van der Waals surface area contributed by atoms with E-state index in [4.69, 9.17) is 0 Å². The van der Waals surface area contributed by atoms with Gasteiger partial charge in [-0.2, -0.15) is 0 Å². The predicted octanol–water partition coefficient (Wildman–Crippen LogP) is 5.67. The zero-order valence-corrected chi connectivity index (χ0v) is 22.2. The molecule has 1 aliphatic heterocycles. The highest BCUT2D eigenvalue weighted by Gasteiger charge is 2.42. The van der Waals surface area contributed by atoms with E-state index >= 15 is 0 Å². The third-order valence-electron chi connectivity index (χ3n) is 6.19. The maximum absolute atomic E-state index is 14.0. The fraction of sp³-hybridized carbons (Fsp3) is 0.161. The van der Waals surface area contributed by atoms with Crippen LogP contribution in [0.2, 0.25) is 0 Å². The number of amides is 2. The molecular formula is C31H28N4O2S. The first kappa shape index (κ1) is 25.4. The van der Waals surface area contributed by atoms with E-state index < -0.39 is 0 Å². The van der Waals surface area contributed by atoms with E-state index in [2.05, 4.69) is 9.97 Å². The molecule has 0 bridgehead atoms. The van der Waals surface area contributed by atoms with Crippen LogP contribution in [0.3, 0.4) is 0 Å². The van der Waals surface area contributed by atoms with E-state index in [1.165, 1.54) is 16.7 Å². The van der Waals surface area contributed by atoms with Crippen LogP contribution in [-0.2, 0) is 29.2 Å². The Morgan fingerprint density at radius 1 is 0.684 bits per heavy atom. The van der Waals surface area contributed by atoms with E-state index in [0.717, 1.165) is 28.1 Å². The number of nitrogens with zero attached hydrogens (tertiary/aromatic N) is 4. The molecule has 3 aromatic carbocycles. The molecule has 0 atom stereocenters. The Kier molecular flexibility index (Phi) is 7.65. The van der Waals surface area contributed by atoms with Gasteiger partial charge in [0.2, 0.25) is 0 Å². The molecule has 2 heterocycles. The number of carbonyl (C=O) groups excluding carboxylic acids is 2. The minimum atomic E-state index is -0.326. The van der Waals surface area contributed by atoms with Crippen molar-refractivity contribution in [1.82, 2.24) is 19.8 Å².